The molecule has 0 aliphatic heterocycles. The van der Waals surface area contributed by atoms with Gasteiger partial charge >= 0.3 is 6.03 Å². The first-order valence-corrected chi connectivity index (χ1v) is 5.53. The summed E-state index contributed by atoms with van der Waals surface area (Å²) < 4.78 is 5.54. The van der Waals surface area contributed by atoms with Gasteiger partial charge in [-0.1, -0.05) is 25.5 Å². The Morgan fingerprint density at radius 3 is 3.12 bits per heavy atom. The third kappa shape index (κ3) is 5.55. The third-order valence-electron chi connectivity index (χ3n) is 2.01. The molecule has 2 amide bonds. The molecule has 0 saturated heterocycles. The molecular weight excluding hydrogens is 218 g/mol. The van der Waals surface area contributed by atoms with Gasteiger partial charge in [-0.25, -0.2) is 10.2 Å². The summed E-state index contributed by atoms with van der Waals surface area (Å²) in [6.07, 6.45) is 3.64. The molecular formula is C12H17N3O2. The fourth-order valence-corrected chi connectivity index (χ4v) is 1.19. The van der Waals surface area contributed by atoms with E-state index in [0.717, 1.165) is 24.2 Å². The number of benzene rings is 1. The number of hydrogen-bond acceptors (Lipinski definition) is 3. The Bertz CT molecular complexity index is 391. The summed E-state index contributed by atoms with van der Waals surface area (Å²) >= 11 is 0. The zero-order chi connectivity index (χ0) is 12.5. The molecule has 0 saturated carbocycles. The molecule has 0 unspecified atom stereocenters. The van der Waals surface area contributed by atoms with E-state index in [1.54, 1.807) is 0 Å². The second kappa shape index (κ2) is 7.27. The maximum Gasteiger partial charge on any atom is 0.332 e. The Balaban J connectivity index is 2.53. The lowest BCUT2D eigenvalue weighted by Crippen LogP contribution is -2.24. The Morgan fingerprint density at radius 2 is 2.41 bits per heavy atom. The topological polar surface area (TPSA) is 76.7 Å². The highest BCUT2D eigenvalue weighted by molar-refractivity contribution is 5.81. The summed E-state index contributed by atoms with van der Waals surface area (Å²) in [5.41, 5.74) is 7.85. The highest BCUT2D eigenvalue weighted by atomic mass is 16.5. The molecule has 0 atom stereocenters. The average Bonchev–Trinajstić information content (AvgIpc) is 2.29. The van der Waals surface area contributed by atoms with E-state index in [1.165, 1.54) is 6.21 Å². The number of nitrogens with zero attached hydrogens (tertiary/aromatic N) is 1. The summed E-state index contributed by atoms with van der Waals surface area (Å²) in [5, 5.41) is 3.67. The lowest BCUT2D eigenvalue weighted by Gasteiger charge is -2.05. The van der Waals surface area contributed by atoms with Crippen molar-refractivity contribution in [3.8, 4) is 5.75 Å². The fourth-order valence-electron chi connectivity index (χ4n) is 1.19. The van der Waals surface area contributed by atoms with Crippen LogP contribution in [0.2, 0.25) is 0 Å². The number of amides is 2. The molecule has 0 fully saturated rings. The molecule has 1 aromatic carbocycles. The SMILES string of the molecule is CCCCOc1cccc(C=NNC(N)=O)c1. The minimum Gasteiger partial charge on any atom is -0.494 e. The monoisotopic (exact) mass is 235 g/mol. The van der Waals surface area contributed by atoms with Crippen LogP contribution in [0.5, 0.6) is 5.75 Å². The zero-order valence-corrected chi connectivity index (χ0v) is 9.85. The van der Waals surface area contributed by atoms with E-state index >= 15 is 0 Å². The maximum absolute atomic E-state index is 10.4. The normalized spacial score (nSPS) is 10.4. The minimum absolute atomic E-state index is 0.684. The first kappa shape index (κ1) is 13.0. The van der Waals surface area contributed by atoms with Crippen LogP contribution < -0.4 is 15.9 Å². The summed E-state index contributed by atoms with van der Waals surface area (Å²) in [4.78, 5) is 10.4. The molecule has 0 aliphatic carbocycles. The number of unbranched alkanes of at least 4 members (excludes halogenated alkanes) is 1. The number of hydrogen-bond donors (Lipinski definition) is 2. The van der Waals surface area contributed by atoms with Crippen molar-refractivity contribution in [1.82, 2.24) is 5.43 Å². The van der Waals surface area contributed by atoms with Crippen LogP contribution in [0, 0.1) is 0 Å². The number of hydrazone groups is 1. The fraction of sp³-hybridized carbons (Fsp3) is 0.333. The summed E-state index contributed by atoms with van der Waals surface area (Å²) in [5.74, 6) is 0.793. The predicted octanol–water partition coefficient (Wildman–Crippen LogP) is 1.87. The van der Waals surface area contributed by atoms with Crippen molar-refractivity contribution in [2.24, 2.45) is 10.8 Å². The van der Waals surface area contributed by atoms with Crippen LogP contribution in [0.4, 0.5) is 4.79 Å². The zero-order valence-electron chi connectivity index (χ0n) is 9.85. The van der Waals surface area contributed by atoms with E-state index in [0.29, 0.717) is 6.61 Å². The van der Waals surface area contributed by atoms with Crippen LogP contribution in [0.15, 0.2) is 29.4 Å². The molecule has 3 N–H and O–H groups in total. The average molecular weight is 235 g/mol. The molecule has 5 heteroatoms. The first-order chi connectivity index (χ1) is 8.22. The Kier molecular flexibility index (Phi) is 5.57. The molecule has 0 aliphatic rings. The number of ether oxygens (including phenoxy) is 1. The van der Waals surface area contributed by atoms with Gasteiger partial charge < -0.3 is 10.5 Å². The smallest absolute Gasteiger partial charge is 0.332 e. The highest BCUT2D eigenvalue weighted by Gasteiger charge is 1.95. The predicted molar refractivity (Wildman–Crippen MR) is 67.2 cm³/mol. The van der Waals surface area contributed by atoms with E-state index in [-0.39, 0.29) is 0 Å². The van der Waals surface area contributed by atoms with Crippen molar-refractivity contribution in [2.75, 3.05) is 6.61 Å². The molecule has 0 aromatic heterocycles. The molecule has 92 valence electrons. The van der Waals surface area contributed by atoms with E-state index in [9.17, 15) is 4.79 Å². The Hall–Kier alpha value is -2.04. The third-order valence-corrected chi connectivity index (χ3v) is 2.01. The molecule has 0 bridgehead atoms. The Labute approximate surface area is 101 Å². The van der Waals surface area contributed by atoms with Crippen LogP contribution in [0.3, 0.4) is 0 Å². The number of carbonyl (C=O) groups excluding carboxylic acids is 1. The Morgan fingerprint density at radius 1 is 1.59 bits per heavy atom. The number of nitrogens with one attached hydrogen (secondary N) is 1. The van der Waals surface area contributed by atoms with Gasteiger partial charge in [0.15, 0.2) is 0 Å². The quantitative estimate of drug-likeness (QED) is 0.448. The number of urea groups is 1. The van der Waals surface area contributed by atoms with Crippen LogP contribution in [-0.4, -0.2) is 18.9 Å². The number of rotatable bonds is 6. The van der Waals surface area contributed by atoms with Gasteiger partial charge in [0.1, 0.15) is 5.75 Å². The highest BCUT2D eigenvalue weighted by Crippen LogP contribution is 2.12. The van der Waals surface area contributed by atoms with Crippen LogP contribution >= 0.6 is 0 Å². The van der Waals surface area contributed by atoms with Crippen LogP contribution in [0.1, 0.15) is 25.3 Å². The summed E-state index contributed by atoms with van der Waals surface area (Å²) in [7, 11) is 0. The van der Waals surface area contributed by atoms with E-state index < -0.39 is 6.03 Å². The van der Waals surface area contributed by atoms with Crippen molar-refractivity contribution >= 4 is 12.2 Å². The van der Waals surface area contributed by atoms with Crippen LogP contribution in [-0.2, 0) is 0 Å². The van der Waals surface area contributed by atoms with Crippen molar-refractivity contribution in [3.63, 3.8) is 0 Å². The molecule has 0 spiro atoms. The largest absolute Gasteiger partial charge is 0.494 e. The molecule has 0 heterocycles. The van der Waals surface area contributed by atoms with Gasteiger partial charge in [0, 0.05) is 0 Å². The van der Waals surface area contributed by atoms with Gasteiger partial charge in [-0.05, 0) is 24.1 Å². The van der Waals surface area contributed by atoms with Crippen LogP contribution in [0.25, 0.3) is 0 Å². The van der Waals surface area contributed by atoms with Gasteiger partial charge in [-0.2, -0.15) is 5.10 Å². The lowest BCUT2D eigenvalue weighted by atomic mass is 10.2. The van der Waals surface area contributed by atoms with E-state index in [4.69, 9.17) is 10.5 Å². The second-order valence-electron chi connectivity index (χ2n) is 3.51. The van der Waals surface area contributed by atoms with Crippen molar-refractivity contribution in [3.05, 3.63) is 29.8 Å². The number of nitrogens with two attached hydrogens (primary N) is 1. The number of carbonyl (C=O) groups is 1. The van der Waals surface area contributed by atoms with E-state index in [1.807, 2.05) is 24.3 Å². The van der Waals surface area contributed by atoms with E-state index in [2.05, 4.69) is 17.5 Å². The van der Waals surface area contributed by atoms with Crippen molar-refractivity contribution in [1.29, 1.82) is 0 Å². The minimum atomic E-state index is -0.684. The molecule has 5 nitrogen and oxygen atoms in total. The molecule has 0 radical (unpaired) electrons. The summed E-state index contributed by atoms with van der Waals surface area (Å²) in [6.45, 7) is 2.82. The molecule has 1 rings (SSSR count). The first-order valence-electron chi connectivity index (χ1n) is 5.53. The van der Waals surface area contributed by atoms with Gasteiger partial charge in [0.2, 0.25) is 0 Å². The molecule has 1 aromatic rings. The van der Waals surface area contributed by atoms with Gasteiger partial charge in [0.05, 0.1) is 12.8 Å². The van der Waals surface area contributed by atoms with Gasteiger partial charge in [-0.15, -0.1) is 0 Å². The van der Waals surface area contributed by atoms with Crippen molar-refractivity contribution < 1.29 is 9.53 Å². The standard InChI is InChI=1S/C12H17N3O2/c1-2-3-7-17-11-6-4-5-10(8-11)9-14-15-12(13)16/h4-6,8-9H,2-3,7H2,1H3,(H3,13,15,16). The lowest BCUT2D eigenvalue weighted by molar-refractivity contribution is 0.249. The summed E-state index contributed by atoms with van der Waals surface area (Å²) in [6, 6.07) is 6.78. The van der Waals surface area contributed by atoms with Gasteiger partial charge in [0.25, 0.3) is 0 Å². The second-order valence-corrected chi connectivity index (χ2v) is 3.51. The number of primary amides is 1. The van der Waals surface area contributed by atoms with Gasteiger partial charge in [-0.3, -0.25) is 0 Å². The maximum atomic E-state index is 10.4. The van der Waals surface area contributed by atoms with Crippen molar-refractivity contribution in [2.45, 2.75) is 19.8 Å². The molecule has 17 heavy (non-hydrogen) atoms.